The predicted octanol–water partition coefficient (Wildman–Crippen LogP) is 8.28. The molecule has 6 heteroatoms. The maximum absolute atomic E-state index is 14.2. The van der Waals surface area contributed by atoms with Crippen molar-refractivity contribution in [1.29, 1.82) is 0 Å². The van der Waals surface area contributed by atoms with E-state index in [-0.39, 0.29) is 5.92 Å². The Morgan fingerprint density at radius 2 is 1.79 bits per heavy atom. The van der Waals surface area contributed by atoms with Gasteiger partial charge in [-0.15, -0.1) is 11.3 Å². The highest BCUT2D eigenvalue weighted by atomic mass is 32.1. The van der Waals surface area contributed by atoms with E-state index in [1.165, 1.54) is 15.6 Å². The van der Waals surface area contributed by atoms with E-state index < -0.39 is 23.4 Å². The Labute approximate surface area is 199 Å². The van der Waals surface area contributed by atoms with E-state index in [1.807, 2.05) is 6.08 Å². The van der Waals surface area contributed by atoms with Crippen molar-refractivity contribution in [1.82, 2.24) is 0 Å². The minimum Gasteiger partial charge on any atom is -0.205 e. The van der Waals surface area contributed by atoms with E-state index >= 15 is 0 Å². The van der Waals surface area contributed by atoms with Crippen molar-refractivity contribution >= 4 is 27.0 Å². The van der Waals surface area contributed by atoms with Gasteiger partial charge in [0, 0.05) is 16.5 Å². The summed E-state index contributed by atoms with van der Waals surface area (Å²) in [5, 5.41) is 1.19. The maximum atomic E-state index is 14.2. The van der Waals surface area contributed by atoms with E-state index in [0.29, 0.717) is 18.4 Å². The van der Waals surface area contributed by atoms with Crippen molar-refractivity contribution < 1.29 is 22.0 Å². The van der Waals surface area contributed by atoms with E-state index in [2.05, 4.69) is 43.0 Å². The quantitative estimate of drug-likeness (QED) is 0.259. The van der Waals surface area contributed by atoms with Gasteiger partial charge >= 0.3 is 6.18 Å². The van der Waals surface area contributed by atoms with Crippen LogP contribution in [0.25, 0.3) is 15.7 Å². The first-order valence-electron chi connectivity index (χ1n) is 11.0. The molecule has 0 aliphatic heterocycles. The van der Waals surface area contributed by atoms with Crippen LogP contribution in [0.5, 0.6) is 0 Å². The minimum absolute atomic E-state index is 0.135. The second-order valence-corrected chi connectivity index (χ2v) is 9.35. The highest BCUT2D eigenvalue weighted by Gasteiger charge is 2.24. The molecule has 4 rings (SSSR count). The lowest BCUT2D eigenvalue weighted by molar-refractivity contribution is -0.0696. The van der Waals surface area contributed by atoms with Gasteiger partial charge in [0.2, 0.25) is 0 Å². The lowest BCUT2D eigenvalue weighted by Gasteiger charge is -2.18. The van der Waals surface area contributed by atoms with E-state index in [0.717, 1.165) is 47.8 Å². The average molecular weight is 485 g/mol. The zero-order valence-corrected chi connectivity index (χ0v) is 19.3. The van der Waals surface area contributed by atoms with Gasteiger partial charge in [-0.2, -0.15) is 13.2 Å². The number of rotatable bonds is 3. The van der Waals surface area contributed by atoms with Crippen molar-refractivity contribution in [2.45, 2.75) is 45.2 Å². The Bertz CT molecular complexity index is 1350. The van der Waals surface area contributed by atoms with Crippen LogP contribution in [-0.4, -0.2) is 6.18 Å². The van der Waals surface area contributed by atoms with Crippen LogP contribution < -0.4 is 0 Å². The van der Waals surface area contributed by atoms with Gasteiger partial charge in [-0.05, 0) is 72.0 Å². The summed E-state index contributed by atoms with van der Waals surface area (Å²) in [6.45, 7) is 2.16. The Morgan fingerprint density at radius 1 is 1.03 bits per heavy atom. The number of alkyl halides is 3. The van der Waals surface area contributed by atoms with Crippen LogP contribution in [0.3, 0.4) is 0 Å². The molecule has 2 aromatic carbocycles. The number of fused-ring (bicyclic) bond motifs is 1. The summed E-state index contributed by atoms with van der Waals surface area (Å²) in [6.07, 6.45) is 1.22. The summed E-state index contributed by atoms with van der Waals surface area (Å²) < 4.78 is 66.4. The first-order chi connectivity index (χ1) is 16.2. The molecule has 0 bridgehead atoms. The molecule has 1 aliphatic carbocycles. The van der Waals surface area contributed by atoms with Crippen molar-refractivity contribution in [2.75, 3.05) is 0 Å². The number of benzene rings is 2. The Balaban J connectivity index is 1.47. The fraction of sp³-hybridized carbons (Fsp3) is 0.286. The van der Waals surface area contributed by atoms with Crippen LogP contribution in [0.15, 0.2) is 42.5 Å². The molecule has 0 saturated heterocycles. The third-order valence-corrected chi connectivity index (χ3v) is 6.69. The first-order valence-corrected chi connectivity index (χ1v) is 11.9. The molecule has 1 atom stereocenters. The summed E-state index contributed by atoms with van der Waals surface area (Å²) in [7, 11) is 0. The van der Waals surface area contributed by atoms with Gasteiger partial charge in [-0.25, -0.2) is 8.78 Å². The Morgan fingerprint density at radius 3 is 2.44 bits per heavy atom. The van der Waals surface area contributed by atoms with Crippen LogP contribution in [0.2, 0.25) is 0 Å². The molecule has 174 valence electrons. The van der Waals surface area contributed by atoms with Crippen molar-refractivity contribution in [3.8, 4) is 23.7 Å². The molecule has 34 heavy (non-hydrogen) atoms. The molecular weight excluding hydrogens is 463 g/mol. The van der Waals surface area contributed by atoms with Crippen LogP contribution in [0.1, 0.15) is 54.2 Å². The number of aryl methyl sites for hydroxylation is 1. The topological polar surface area (TPSA) is 0 Å². The lowest BCUT2D eigenvalue weighted by atomic mass is 9.86. The van der Waals surface area contributed by atoms with Gasteiger partial charge in [0.15, 0.2) is 0 Å². The zero-order chi connectivity index (χ0) is 24.3. The van der Waals surface area contributed by atoms with Gasteiger partial charge in [0.1, 0.15) is 11.6 Å². The van der Waals surface area contributed by atoms with Crippen molar-refractivity contribution in [2.24, 2.45) is 5.92 Å². The smallest absolute Gasteiger partial charge is 0.205 e. The van der Waals surface area contributed by atoms with Crippen LogP contribution in [0, 0.1) is 41.2 Å². The van der Waals surface area contributed by atoms with Crippen LogP contribution >= 0.6 is 11.3 Å². The van der Waals surface area contributed by atoms with E-state index in [4.69, 9.17) is 0 Å². The highest BCUT2D eigenvalue weighted by molar-refractivity contribution is 7.19. The molecule has 1 aromatic heterocycles. The molecule has 0 spiro atoms. The summed E-state index contributed by atoms with van der Waals surface area (Å²) >= 11 is 1.68. The standard InChI is InChI=1S/C28H21F5S/c1-2-3-19-6-10-21-15-23(34-27(21)14-19)11-7-18-4-8-20(9-5-18)22-16-25(29)24(26(30)17-22)12-13-28(31,32)33/h6,8,10,14-18H,2-5,9H2,1H3. The molecule has 1 aliphatic rings. The van der Waals surface area contributed by atoms with Gasteiger partial charge in [-0.3, -0.25) is 0 Å². The summed E-state index contributed by atoms with van der Waals surface area (Å²) in [4.78, 5) is 1.01. The number of allylic oxidation sites excluding steroid dienone is 2. The van der Waals surface area contributed by atoms with Crippen molar-refractivity contribution in [3.63, 3.8) is 0 Å². The lowest BCUT2D eigenvalue weighted by Crippen LogP contribution is -2.05. The fourth-order valence-electron chi connectivity index (χ4n) is 3.99. The molecule has 0 N–H and O–H groups in total. The molecule has 0 fully saturated rings. The zero-order valence-electron chi connectivity index (χ0n) is 18.5. The predicted molar refractivity (Wildman–Crippen MR) is 127 cm³/mol. The van der Waals surface area contributed by atoms with Crippen LogP contribution in [0.4, 0.5) is 22.0 Å². The SMILES string of the molecule is CCCc1ccc2cc(C#CC3CC=C(c4cc(F)c(C#CC(F)(F)F)c(F)c4)CC3)sc2c1. The average Bonchev–Trinajstić information content (AvgIpc) is 3.19. The fourth-order valence-corrected chi connectivity index (χ4v) is 4.98. The largest absolute Gasteiger partial charge is 0.458 e. The molecule has 0 radical (unpaired) electrons. The van der Waals surface area contributed by atoms with E-state index in [1.54, 1.807) is 17.3 Å². The molecule has 1 heterocycles. The van der Waals surface area contributed by atoms with Crippen LogP contribution in [-0.2, 0) is 6.42 Å². The van der Waals surface area contributed by atoms with Gasteiger partial charge in [0.05, 0.1) is 10.4 Å². The third kappa shape index (κ3) is 5.88. The number of hydrogen-bond donors (Lipinski definition) is 0. The van der Waals surface area contributed by atoms with Crippen molar-refractivity contribution in [3.05, 3.63) is 75.7 Å². The normalized spacial score (nSPS) is 15.8. The maximum Gasteiger partial charge on any atom is 0.458 e. The number of hydrogen-bond acceptors (Lipinski definition) is 1. The monoisotopic (exact) mass is 484 g/mol. The first kappa shape index (κ1) is 24.0. The summed E-state index contributed by atoms with van der Waals surface area (Å²) in [5.41, 5.74) is 1.55. The third-order valence-electron chi connectivity index (χ3n) is 5.68. The van der Waals surface area contributed by atoms with E-state index in [9.17, 15) is 22.0 Å². The molecule has 0 saturated carbocycles. The Kier molecular flexibility index (Phi) is 7.10. The second-order valence-electron chi connectivity index (χ2n) is 8.27. The molecule has 0 nitrogen and oxygen atoms in total. The number of halogens is 5. The number of thiophene rings is 1. The van der Waals surface area contributed by atoms with Gasteiger partial charge in [-0.1, -0.05) is 49.3 Å². The highest BCUT2D eigenvalue weighted by Crippen LogP contribution is 2.32. The minimum atomic E-state index is -4.81. The van der Waals surface area contributed by atoms with Gasteiger partial charge < -0.3 is 0 Å². The summed E-state index contributed by atoms with van der Waals surface area (Å²) in [5.74, 6) is 6.99. The molecule has 0 amide bonds. The van der Waals surface area contributed by atoms with Gasteiger partial charge in [0.25, 0.3) is 0 Å². The second kappa shape index (κ2) is 10.0. The molecular formula is C28H21F5S. The Hall–Kier alpha value is -3.09. The molecule has 3 aromatic rings. The summed E-state index contributed by atoms with van der Waals surface area (Å²) in [6, 6.07) is 10.7. The molecule has 1 unspecified atom stereocenters.